The van der Waals surface area contributed by atoms with Crippen LogP contribution < -0.4 is 11.3 Å². The maximum Gasteiger partial charge on any atom is 0.259 e. The second kappa shape index (κ2) is 5.59. The number of aromatic amines is 1. The number of thiophene rings is 1. The van der Waals surface area contributed by atoms with Gasteiger partial charge in [0.15, 0.2) is 0 Å². The van der Waals surface area contributed by atoms with E-state index in [1.54, 1.807) is 12.3 Å². The number of H-pyrrole nitrogens is 1. The van der Waals surface area contributed by atoms with E-state index >= 15 is 0 Å². The van der Waals surface area contributed by atoms with E-state index in [9.17, 15) is 9.59 Å². The molecule has 124 valence electrons. The number of primary amides is 1. The predicted octanol–water partition coefficient (Wildman–Crippen LogP) is 2.98. The number of carbonyl (C=O) groups excluding carboxylic acids is 1. The molecule has 0 atom stereocenters. The topological polar surface area (TPSA) is 93.8 Å². The lowest BCUT2D eigenvalue weighted by Gasteiger charge is -2.12. The van der Waals surface area contributed by atoms with Crippen molar-refractivity contribution in [3.05, 3.63) is 38.4 Å². The maximum atomic E-state index is 12.5. The van der Waals surface area contributed by atoms with Crippen molar-refractivity contribution < 1.29 is 4.79 Å². The molecule has 3 N–H and O–H groups in total. The first kappa shape index (κ1) is 15.1. The van der Waals surface area contributed by atoms with Crippen LogP contribution in [0.4, 0.5) is 0 Å². The van der Waals surface area contributed by atoms with Gasteiger partial charge in [-0.05, 0) is 31.4 Å². The van der Waals surface area contributed by atoms with Crippen LogP contribution in [0.1, 0.15) is 47.0 Å². The van der Waals surface area contributed by atoms with Crippen molar-refractivity contribution in [3.63, 3.8) is 0 Å². The van der Waals surface area contributed by atoms with Crippen molar-refractivity contribution in [2.24, 2.45) is 5.73 Å². The normalized spacial score (nSPS) is 15.4. The van der Waals surface area contributed by atoms with Crippen molar-refractivity contribution in [2.45, 2.75) is 38.6 Å². The quantitative estimate of drug-likeness (QED) is 0.766. The largest absolute Gasteiger partial charge is 0.365 e. The molecule has 1 saturated carbocycles. The Kier molecular flexibility index (Phi) is 3.53. The van der Waals surface area contributed by atoms with Gasteiger partial charge in [-0.2, -0.15) is 5.10 Å². The molecule has 0 saturated heterocycles. The minimum atomic E-state index is -0.462. The molecule has 1 aliphatic carbocycles. The molecule has 0 aromatic carbocycles. The molecule has 0 spiro atoms. The summed E-state index contributed by atoms with van der Waals surface area (Å²) in [5.74, 6) is -0.462. The number of carbonyl (C=O) groups is 1. The van der Waals surface area contributed by atoms with Gasteiger partial charge in [0, 0.05) is 17.1 Å². The molecule has 0 bridgehead atoms. The van der Waals surface area contributed by atoms with Crippen LogP contribution in [0.3, 0.4) is 0 Å². The van der Waals surface area contributed by atoms with Gasteiger partial charge in [-0.15, -0.1) is 11.3 Å². The Morgan fingerprint density at radius 2 is 2.17 bits per heavy atom. The Labute approximate surface area is 142 Å². The average Bonchev–Trinajstić information content (AvgIpc) is 3.28. The summed E-state index contributed by atoms with van der Waals surface area (Å²) in [5.41, 5.74) is 8.50. The summed E-state index contributed by atoms with van der Waals surface area (Å²) in [6, 6.07) is 2.05. The summed E-state index contributed by atoms with van der Waals surface area (Å²) in [6.45, 7) is 1.98. The van der Waals surface area contributed by atoms with Gasteiger partial charge in [-0.1, -0.05) is 12.8 Å². The Morgan fingerprint density at radius 1 is 1.42 bits per heavy atom. The number of nitrogens with zero attached hydrogens (tertiary/aromatic N) is 2. The number of pyridine rings is 1. The lowest BCUT2D eigenvalue weighted by molar-refractivity contribution is 0.100. The lowest BCUT2D eigenvalue weighted by atomic mass is 10.1. The predicted molar refractivity (Wildman–Crippen MR) is 94.4 cm³/mol. The van der Waals surface area contributed by atoms with Crippen LogP contribution in [-0.2, 0) is 0 Å². The molecular formula is C17H18N4O2S. The molecule has 1 aliphatic rings. The van der Waals surface area contributed by atoms with E-state index in [2.05, 4.69) is 4.98 Å². The summed E-state index contributed by atoms with van der Waals surface area (Å²) >= 11 is 1.28. The first-order valence-electron chi connectivity index (χ1n) is 8.05. The number of fused-ring (bicyclic) bond motifs is 1. The number of rotatable bonds is 3. The summed E-state index contributed by atoms with van der Waals surface area (Å²) in [6.07, 6.45) is 6.28. The van der Waals surface area contributed by atoms with E-state index in [0.29, 0.717) is 22.0 Å². The van der Waals surface area contributed by atoms with Gasteiger partial charge >= 0.3 is 0 Å². The summed E-state index contributed by atoms with van der Waals surface area (Å²) < 4.78 is 2.02. The van der Waals surface area contributed by atoms with Crippen molar-refractivity contribution in [3.8, 4) is 11.3 Å². The molecule has 0 aliphatic heterocycles. The number of aromatic nitrogens is 3. The molecule has 0 radical (unpaired) electrons. The highest BCUT2D eigenvalue weighted by Gasteiger charge is 2.25. The molecular weight excluding hydrogens is 324 g/mol. The van der Waals surface area contributed by atoms with Crippen LogP contribution in [0.25, 0.3) is 22.2 Å². The molecule has 3 aromatic heterocycles. The molecule has 3 aromatic rings. The molecule has 1 amide bonds. The monoisotopic (exact) mass is 342 g/mol. The molecule has 1 fully saturated rings. The number of aryl methyl sites for hydroxylation is 1. The highest BCUT2D eigenvalue weighted by Crippen LogP contribution is 2.36. The molecule has 4 rings (SSSR count). The average molecular weight is 342 g/mol. The second-order valence-corrected chi connectivity index (χ2v) is 7.23. The third kappa shape index (κ3) is 2.27. The van der Waals surface area contributed by atoms with Crippen molar-refractivity contribution in [2.75, 3.05) is 0 Å². The van der Waals surface area contributed by atoms with Crippen LogP contribution in [0, 0.1) is 6.92 Å². The van der Waals surface area contributed by atoms with Crippen molar-refractivity contribution >= 4 is 28.1 Å². The summed E-state index contributed by atoms with van der Waals surface area (Å²) in [7, 11) is 0. The van der Waals surface area contributed by atoms with E-state index in [4.69, 9.17) is 10.8 Å². The number of nitrogens with two attached hydrogens (primary N) is 1. The lowest BCUT2D eigenvalue weighted by Crippen LogP contribution is -2.10. The van der Waals surface area contributed by atoms with Gasteiger partial charge in [-0.3, -0.25) is 14.3 Å². The van der Waals surface area contributed by atoms with Gasteiger partial charge in [0.2, 0.25) is 0 Å². The maximum absolute atomic E-state index is 12.5. The zero-order valence-electron chi connectivity index (χ0n) is 13.3. The van der Waals surface area contributed by atoms with Crippen LogP contribution in [0.15, 0.2) is 22.4 Å². The molecule has 6 nitrogen and oxygen atoms in total. The zero-order chi connectivity index (χ0) is 16.8. The first-order chi connectivity index (χ1) is 11.6. The molecule has 7 heteroatoms. The minimum absolute atomic E-state index is 0.151. The van der Waals surface area contributed by atoms with Gasteiger partial charge in [0.25, 0.3) is 11.5 Å². The Balaban J connectivity index is 1.99. The smallest absolute Gasteiger partial charge is 0.259 e. The first-order valence-corrected chi connectivity index (χ1v) is 8.93. The Hall–Kier alpha value is -2.41. The SMILES string of the molecule is Cc1c[nH]c(=O)c2c(-c3csc(C(N)=O)c3)nn(C3CCCC3)c12. The second-order valence-electron chi connectivity index (χ2n) is 6.32. The molecule has 0 unspecified atom stereocenters. The Morgan fingerprint density at radius 3 is 2.83 bits per heavy atom. The standard InChI is InChI=1S/C17H18N4O2S/c1-9-7-19-17(23)13-14(10-6-12(16(18)22)24-8-10)20-21(15(9)13)11-4-2-3-5-11/h6-8,11H,2-5H2,1H3,(H2,18,22)(H,19,23). The van der Waals surface area contributed by atoms with Crippen LogP contribution in [-0.4, -0.2) is 20.7 Å². The zero-order valence-corrected chi connectivity index (χ0v) is 14.2. The molecule has 24 heavy (non-hydrogen) atoms. The van der Waals surface area contributed by atoms with Crippen LogP contribution >= 0.6 is 11.3 Å². The van der Waals surface area contributed by atoms with Gasteiger partial charge in [0.1, 0.15) is 5.69 Å². The van der Waals surface area contributed by atoms with E-state index in [1.807, 2.05) is 17.0 Å². The fourth-order valence-electron chi connectivity index (χ4n) is 3.55. The van der Waals surface area contributed by atoms with Crippen molar-refractivity contribution in [1.82, 2.24) is 14.8 Å². The minimum Gasteiger partial charge on any atom is -0.365 e. The number of hydrogen-bond donors (Lipinski definition) is 2. The van der Waals surface area contributed by atoms with E-state index < -0.39 is 5.91 Å². The number of hydrogen-bond acceptors (Lipinski definition) is 4. The van der Waals surface area contributed by atoms with E-state index in [-0.39, 0.29) is 5.56 Å². The summed E-state index contributed by atoms with van der Waals surface area (Å²) in [5, 5.41) is 7.22. The fraction of sp³-hybridized carbons (Fsp3) is 0.353. The van der Waals surface area contributed by atoms with Crippen molar-refractivity contribution in [1.29, 1.82) is 0 Å². The highest BCUT2D eigenvalue weighted by atomic mass is 32.1. The highest BCUT2D eigenvalue weighted by molar-refractivity contribution is 7.12. The third-order valence-electron chi connectivity index (χ3n) is 4.72. The summed E-state index contributed by atoms with van der Waals surface area (Å²) in [4.78, 5) is 27.1. The third-order valence-corrected chi connectivity index (χ3v) is 5.66. The molecule has 3 heterocycles. The fourth-order valence-corrected chi connectivity index (χ4v) is 4.29. The van der Waals surface area contributed by atoms with E-state index in [1.165, 1.54) is 24.2 Å². The van der Waals surface area contributed by atoms with Crippen LogP contribution in [0.5, 0.6) is 0 Å². The van der Waals surface area contributed by atoms with Crippen LogP contribution in [0.2, 0.25) is 0 Å². The Bertz CT molecular complexity index is 992. The number of nitrogens with one attached hydrogen (secondary N) is 1. The van der Waals surface area contributed by atoms with E-state index in [0.717, 1.165) is 29.5 Å². The van der Waals surface area contributed by atoms with Gasteiger partial charge in [0.05, 0.1) is 21.8 Å². The number of amides is 1. The van der Waals surface area contributed by atoms with Gasteiger partial charge in [-0.25, -0.2) is 0 Å². The van der Waals surface area contributed by atoms with Gasteiger partial charge < -0.3 is 10.7 Å².